The van der Waals surface area contributed by atoms with Crippen LogP contribution in [-0.2, 0) is 14.3 Å². The molecule has 2 heterocycles. The number of esters is 1. The molecule has 2 amide bonds. The standard InChI is InChI=1S/C26H30F4N2O6S/c1-26(2,3)38-20(34)12-17(18(33)13-37-23-21(29)15(27)11-16(28)22(23)30)31-24(35)14-6-8-32(9-7-14)25(36)19-5-4-10-39-19/h4-5,10-11,14,17-18,33H,6-9,12-13H2,1-3H3,(H,31,35)/t17-,18?/m0/s1. The van der Waals surface area contributed by atoms with Crippen molar-refractivity contribution in [1.29, 1.82) is 0 Å². The average molecular weight is 575 g/mol. The first-order chi connectivity index (χ1) is 18.3. The van der Waals surface area contributed by atoms with Crippen molar-refractivity contribution >= 4 is 29.1 Å². The van der Waals surface area contributed by atoms with Gasteiger partial charge in [-0.05, 0) is 45.1 Å². The monoisotopic (exact) mass is 574 g/mol. The average Bonchev–Trinajstić information content (AvgIpc) is 3.40. The van der Waals surface area contributed by atoms with Crippen molar-refractivity contribution in [2.24, 2.45) is 5.92 Å². The number of aliphatic hydroxyl groups excluding tert-OH is 1. The van der Waals surface area contributed by atoms with Crippen molar-refractivity contribution < 1.29 is 46.5 Å². The van der Waals surface area contributed by atoms with Crippen molar-refractivity contribution in [2.45, 2.75) is 57.8 Å². The summed E-state index contributed by atoms with van der Waals surface area (Å²) in [6.45, 7) is 4.59. The number of carbonyl (C=O) groups is 3. The third-order valence-corrected chi connectivity index (χ3v) is 6.81. The minimum absolute atomic E-state index is 0.0127. The van der Waals surface area contributed by atoms with E-state index in [0.717, 1.165) is 0 Å². The number of rotatable bonds is 9. The lowest BCUT2D eigenvalue weighted by Gasteiger charge is -2.33. The van der Waals surface area contributed by atoms with Gasteiger partial charge >= 0.3 is 5.97 Å². The molecule has 1 fully saturated rings. The van der Waals surface area contributed by atoms with Gasteiger partial charge < -0.3 is 24.8 Å². The number of carbonyl (C=O) groups excluding carboxylic acids is 3. The van der Waals surface area contributed by atoms with E-state index < -0.39 is 77.6 Å². The second-order valence-corrected chi connectivity index (χ2v) is 11.1. The fourth-order valence-corrected chi connectivity index (χ4v) is 4.70. The molecule has 1 aliphatic heterocycles. The fraction of sp³-hybridized carbons (Fsp3) is 0.500. The lowest BCUT2D eigenvalue weighted by molar-refractivity contribution is -0.156. The van der Waals surface area contributed by atoms with Crippen LogP contribution in [0.15, 0.2) is 23.6 Å². The molecule has 214 valence electrons. The van der Waals surface area contributed by atoms with Gasteiger partial charge in [0, 0.05) is 25.1 Å². The summed E-state index contributed by atoms with van der Waals surface area (Å²) in [5, 5.41) is 15.0. The minimum atomic E-state index is -1.79. The molecule has 8 nitrogen and oxygen atoms in total. The third-order valence-electron chi connectivity index (χ3n) is 5.95. The van der Waals surface area contributed by atoms with E-state index in [0.29, 0.717) is 30.8 Å². The lowest BCUT2D eigenvalue weighted by atomic mass is 9.94. The van der Waals surface area contributed by atoms with Crippen LogP contribution in [0, 0.1) is 29.2 Å². The van der Waals surface area contributed by atoms with E-state index >= 15 is 0 Å². The van der Waals surface area contributed by atoms with Gasteiger partial charge in [-0.15, -0.1) is 11.3 Å². The molecular weight excluding hydrogens is 544 g/mol. The van der Waals surface area contributed by atoms with Crippen LogP contribution in [0.5, 0.6) is 5.75 Å². The third kappa shape index (κ3) is 8.15. The quantitative estimate of drug-likeness (QED) is 0.268. The van der Waals surface area contributed by atoms with Crippen molar-refractivity contribution in [3.05, 3.63) is 51.7 Å². The highest BCUT2D eigenvalue weighted by molar-refractivity contribution is 7.12. The zero-order valence-corrected chi connectivity index (χ0v) is 22.5. The number of ether oxygens (including phenoxy) is 2. The molecule has 1 aromatic carbocycles. The first-order valence-electron chi connectivity index (χ1n) is 12.3. The molecule has 0 bridgehead atoms. The van der Waals surface area contributed by atoms with Crippen LogP contribution in [0.25, 0.3) is 0 Å². The van der Waals surface area contributed by atoms with E-state index in [1.165, 1.54) is 11.3 Å². The lowest BCUT2D eigenvalue weighted by Crippen LogP contribution is -2.51. The first kappa shape index (κ1) is 30.4. The number of hydrogen-bond donors (Lipinski definition) is 2. The maximum atomic E-state index is 14.0. The summed E-state index contributed by atoms with van der Waals surface area (Å²) in [6.07, 6.45) is -1.58. The number of aliphatic hydroxyl groups is 1. The Morgan fingerprint density at radius 1 is 1.13 bits per heavy atom. The molecule has 0 aliphatic carbocycles. The molecule has 39 heavy (non-hydrogen) atoms. The predicted octanol–water partition coefficient (Wildman–Crippen LogP) is 3.81. The number of piperidine rings is 1. The normalized spacial score (nSPS) is 15.9. The topological polar surface area (TPSA) is 105 Å². The van der Waals surface area contributed by atoms with Crippen LogP contribution in [0.3, 0.4) is 0 Å². The second-order valence-electron chi connectivity index (χ2n) is 10.1. The van der Waals surface area contributed by atoms with Gasteiger partial charge in [0.1, 0.15) is 18.3 Å². The molecule has 0 radical (unpaired) electrons. The molecule has 1 unspecified atom stereocenters. The number of nitrogens with one attached hydrogen (secondary N) is 1. The Labute approximate surface area is 226 Å². The summed E-state index contributed by atoms with van der Waals surface area (Å²) >= 11 is 1.32. The highest BCUT2D eigenvalue weighted by Gasteiger charge is 2.33. The van der Waals surface area contributed by atoms with Crippen LogP contribution in [-0.4, -0.2) is 65.2 Å². The Balaban J connectivity index is 1.66. The summed E-state index contributed by atoms with van der Waals surface area (Å²) in [5.74, 6) is -10.3. The number of thiophene rings is 1. The zero-order valence-electron chi connectivity index (χ0n) is 21.6. The van der Waals surface area contributed by atoms with E-state index in [1.807, 2.05) is 0 Å². The van der Waals surface area contributed by atoms with Gasteiger partial charge in [-0.25, -0.2) is 8.78 Å². The molecule has 2 aromatic rings. The fourth-order valence-electron chi connectivity index (χ4n) is 4.01. The number of hydrogen-bond acceptors (Lipinski definition) is 7. The Kier molecular flexibility index (Phi) is 9.94. The minimum Gasteiger partial charge on any atom is -0.485 e. The van der Waals surface area contributed by atoms with E-state index in [4.69, 9.17) is 9.47 Å². The largest absolute Gasteiger partial charge is 0.485 e. The maximum absolute atomic E-state index is 14.0. The van der Waals surface area contributed by atoms with E-state index in [-0.39, 0.29) is 12.0 Å². The molecule has 1 aromatic heterocycles. The van der Waals surface area contributed by atoms with E-state index in [9.17, 15) is 37.1 Å². The molecule has 13 heteroatoms. The number of halogens is 4. The number of likely N-dealkylation sites (tertiary alicyclic amines) is 1. The smallest absolute Gasteiger partial charge is 0.308 e. The van der Waals surface area contributed by atoms with Gasteiger partial charge in [-0.1, -0.05) is 6.07 Å². The molecule has 3 rings (SSSR count). The summed E-state index contributed by atoms with van der Waals surface area (Å²) in [4.78, 5) is 40.2. The van der Waals surface area contributed by atoms with Crippen molar-refractivity contribution in [1.82, 2.24) is 10.2 Å². The molecule has 2 atom stereocenters. The number of benzene rings is 1. The molecular formula is C26H30F4N2O6S. The molecule has 0 spiro atoms. The Morgan fingerprint density at radius 2 is 1.74 bits per heavy atom. The summed E-state index contributed by atoms with van der Waals surface area (Å²) in [6, 6.07) is 2.18. The van der Waals surface area contributed by atoms with Gasteiger partial charge in [-0.2, -0.15) is 8.78 Å². The summed E-state index contributed by atoms with van der Waals surface area (Å²) in [5.41, 5.74) is -0.875. The van der Waals surface area contributed by atoms with Crippen LogP contribution in [0.1, 0.15) is 49.7 Å². The maximum Gasteiger partial charge on any atom is 0.308 e. The molecule has 2 N–H and O–H groups in total. The number of amides is 2. The highest BCUT2D eigenvalue weighted by atomic mass is 32.1. The first-order valence-corrected chi connectivity index (χ1v) is 13.1. The van der Waals surface area contributed by atoms with Crippen molar-refractivity contribution in [2.75, 3.05) is 19.7 Å². The van der Waals surface area contributed by atoms with Crippen LogP contribution >= 0.6 is 11.3 Å². The summed E-state index contributed by atoms with van der Waals surface area (Å²) in [7, 11) is 0. The van der Waals surface area contributed by atoms with Gasteiger partial charge in [0.25, 0.3) is 5.91 Å². The van der Waals surface area contributed by atoms with E-state index in [2.05, 4.69) is 5.32 Å². The van der Waals surface area contributed by atoms with Gasteiger partial charge in [0.15, 0.2) is 17.4 Å². The zero-order chi connectivity index (χ0) is 28.9. The van der Waals surface area contributed by atoms with Gasteiger partial charge in [-0.3, -0.25) is 14.4 Å². The summed E-state index contributed by atoms with van der Waals surface area (Å²) < 4.78 is 65.0. The van der Waals surface area contributed by atoms with Crippen LogP contribution < -0.4 is 10.1 Å². The Bertz CT molecular complexity index is 1150. The van der Waals surface area contributed by atoms with Crippen LogP contribution in [0.2, 0.25) is 0 Å². The molecule has 1 aliphatic rings. The highest BCUT2D eigenvalue weighted by Crippen LogP contribution is 2.27. The van der Waals surface area contributed by atoms with E-state index in [1.54, 1.807) is 43.2 Å². The Morgan fingerprint density at radius 3 is 2.28 bits per heavy atom. The second kappa shape index (κ2) is 12.8. The van der Waals surface area contributed by atoms with Crippen molar-refractivity contribution in [3.8, 4) is 5.75 Å². The van der Waals surface area contributed by atoms with Crippen LogP contribution in [0.4, 0.5) is 17.6 Å². The number of nitrogens with zero attached hydrogens (tertiary/aromatic N) is 1. The molecule has 1 saturated heterocycles. The van der Waals surface area contributed by atoms with Crippen molar-refractivity contribution in [3.63, 3.8) is 0 Å². The van der Waals surface area contributed by atoms with Gasteiger partial charge in [0.05, 0.1) is 17.3 Å². The van der Waals surface area contributed by atoms with Gasteiger partial charge in [0.2, 0.25) is 17.5 Å². The predicted molar refractivity (Wildman–Crippen MR) is 133 cm³/mol. The molecule has 0 saturated carbocycles. The SMILES string of the molecule is CC(C)(C)OC(=O)C[C@H](NC(=O)C1CCN(C(=O)c2cccs2)CC1)C(O)COc1c(F)c(F)cc(F)c1F. The Hall–Kier alpha value is -3.19.